The number of unbranched alkanes of at least 4 members (excludes halogenated alkanes) is 18. The summed E-state index contributed by atoms with van der Waals surface area (Å²) in [7, 11) is 0. The van der Waals surface area contributed by atoms with Crippen LogP contribution in [-0.4, -0.2) is 5.12 Å². The zero-order chi connectivity index (χ0) is 17.7. The van der Waals surface area contributed by atoms with E-state index in [0.29, 0.717) is 6.42 Å². The lowest BCUT2D eigenvalue weighted by atomic mass is 10.0. The highest BCUT2D eigenvalue weighted by molar-refractivity contribution is 7.96. The van der Waals surface area contributed by atoms with Gasteiger partial charge in [-0.25, -0.2) is 0 Å². The van der Waals surface area contributed by atoms with Crippen molar-refractivity contribution in [1.82, 2.24) is 0 Å². The first-order valence-electron chi connectivity index (χ1n) is 11.0. The van der Waals surface area contributed by atoms with E-state index >= 15 is 0 Å². The van der Waals surface area contributed by atoms with Gasteiger partial charge in [0.15, 0.2) is 5.12 Å². The molecule has 0 fully saturated rings. The molecule has 0 aliphatic carbocycles. The van der Waals surface area contributed by atoms with Crippen molar-refractivity contribution in [3.8, 4) is 0 Å². The zero-order valence-electron chi connectivity index (χ0n) is 16.5. The van der Waals surface area contributed by atoms with Crippen LogP contribution >= 0.6 is 12.6 Å². The van der Waals surface area contributed by atoms with Gasteiger partial charge in [0.1, 0.15) is 0 Å². The van der Waals surface area contributed by atoms with Gasteiger partial charge in [0, 0.05) is 6.42 Å². The van der Waals surface area contributed by atoms with Crippen molar-refractivity contribution in [2.75, 3.05) is 0 Å². The lowest BCUT2D eigenvalue weighted by Gasteiger charge is -2.03. The van der Waals surface area contributed by atoms with Gasteiger partial charge in [0.25, 0.3) is 0 Å². The molecule has 0 aliphatic heterocycles. The Balaban J connectivity index is 2.97. The van der Waals surface area contributed by atoms with Gasteiger partial charge in [-0.05, 0) is 6.42 Å². The standard InChI is InChI=1S/C22H44OS/c1-2-3-4-5-6-7-8-9-10-11-12-13-14-15-16-17-18-19-20-21-22(23)24/h2-21H2,1H3,(H,23,24). The third-order valence-electron chi connectivity index (χ3n) is 4.99. The van der Waals surface area contributed by atoms with E-state index in [1.807, 2.05) is 0 Å². The van der Waals surface area contributed by atoms with E-state index < -0.39 is 0 Å². The Morgan fingerprint density at radius 2 is 0.750 bits per heavy atom. The summed E-state index contributed by atoms with van der Waals surface area (Å²) in [6.07, 6.45) is 27.1. The molecular weight excluding hydrogens is 312 g/mol. The Morgan fingerprint density at radius 1 is 0.500 bits per heavy atom. The summed E-state index contributed by atoms with van der Waals surface area (Å²) in [5.74, 6) is 0. The average Bonchev–Trinajstić information content (AvgIpc) is 2.56. The van der Waals surface area contributed by atoms with Crippen LogP contribution in [-0.2, 0) is 4.79 Å². The molecule has 0 saturated carbocycles. The average molecular weight is 357 g/mol. The van der Waals surface area contributed by atoms with E-state index in [0.717, 1.165) is 6.42 Å². The number of carbonyl (C=O) groups is 1. The van der Waals surface area contributed by atoms with E-state index in [-0.39, 0.29) is 5.12 Å². The summed E-state index contributed by atoms with van der Waals surface area (Å²) < 4.78 is 0. The van der Waals surface area contributed by atoms with Crippen LogP contribution in [0.2, 0.25) is 0 Å². The smallest absolute Gasteiger partial charge is 0.185 e. The highest BCUT2D eigenvalue weighted by Gasteiger charge is 1.96. The number of thiol groups is 1. The molecule has 24 heavy (non-hydrogen) atoms. The molecule has 0 aliphatic rings. The predicted octanol–water partition coefficient (Wildman–Crippen LogP) is 8.26. The fourth-order valence-electron chi connectivity index (χ4n) is 3.35. The molecule has 0 radical (unpaired) electrons. The molecule has 0 aromatic heterocycles. The monoisotopic (exact) mass is 356 g/mol. The van der Waals surface area contributed by atoms with E-state index in [2.05, 4.69) is 19.6 Å². The summed E-state index contributed by atoms with van der Waals surface area (Å²) in [4.78, 5) is 10.7. The highest BCUT2D eigenvalue weighted by atomic mass is 32.1. The van der Waals surface area contributed by atoms with Gasteiger partial charge in [-0.2, -0.15) is 0 Å². The molecule has 0 aromatic rings. The maximum atomic E-state index is 10.7. The van der Waals surface area contributed by atoms with Gasteiger partial charge < -0.3 is 0 Å². The van der Waals surface area contributed by atoms with Crippen LogP contribution < -0.4 is 0 Å². The molecule has 0 aromatic carbocycles. The maximum Gasteiger partial charge on any atom is 0.185 e. The minimum absolute atomic E-state index is 0.0435. The summed E-state index contributed by atoms with van der Waals surface area (Å²) in [5, 5.41) is 0.0435. The molecule has 0 spiro atoms. The quantitative estimate of drug-likeness (QED) is 0.171. The Labute approximate surface area is 158 Å². The van der Waals surface area contributed by atoms with E-state index in [1.54, 1.807) is 0 Å². The summed E-state index contributed by atoms with van der Waals surface area (Å²) in [5.41, 5.74) is 0. The summed E-state index contributed by atoms with van der Waals surface area (Å²) in [6.45, 7) is 2.29. The Hall–Kier alpha value is 0.0200. The SMILES string of the molecule is CCCCCCCCCCCCCCCCCCCCCC(=O)S. The van der Waals surface area contributed by atoms with E-state index in [4.69, 9.17) is 0 Å². The van der Waals surface area contributed by atoms with Crippen molar-refractivity contribution in [2.24, 2.45) is 0 Å². The second kappa shape index (κ2) is 21.1. The van der Waals surface area contributed by atoms with Crippen LogP contribution in [0.4, 0.5) is 0 Å². The van der Waals surface area contributed by atoms with Crippen molar-refractivity contribution >= 4 is 17.7 Å². The normalized spacial score (nSPS) is 11.1. The highest BCUT2D eigenvalue weighted by Crippen LogP contribution is 2.14. The third kappa shape index (κ3) is 22.0. The molecule has 144 valence electrons. The summed E-state index contributed by atoms with van der Waals surface area (Å²) in [6, 6.07) is 0. The molecule has 0 atom stereocenters. The van der Waals surface area contributed by atoms with Gasteiger partial charge in [-0.3, -0.25) is 4.79 Å². The van der Waals surface area contributed by atoms with Gasteiger partial charge >= 0.3 is 0 Å². The van der Waals surface area contributed by atoms with Crippen LogP contribution in [0.15, 0.2) is 0 Å². The first kappa shape index (κ1) is 24.0. The van der Waals surface area contributed by atoms with Gasteiger partial charge in [-0.15, -0.1) is 12.6 Å². The van der Waals surface area contributed by atoms with Crippen molar-refractivity contribution in [2.45, 2.75) is 135 Å². The Bertz CT molecular complexity index is 252. The van der Waals surface area contributed by atoms with Crippen molar-refractivity contribution < 1.29 is 4.79 Å². The van der Waals surface area contributed by atoms with E-state index in [1.165, 1.54) is 116 Å². The molecule has 0 unspecified atom stereocenters. The molecule has 0 rings (SSSR count). The molecule has 0 N–H and O–H groups in total. The maximum absolute atomic E-state index is 10.7. The van der Waals surface area contributed by atoms with Gasteiger partial charge in [0.2, 0.25) is 0 Å². The number of hydrogen-bond acceptors (Lipinski definition) is 1. The number of rotatable bonds is 20. The second-order valence-electron chi connectivity index (χ2n) is 7.51. The molecular formula is C22H44OS. The largest absolute Gasteiger partial charge is 0.288 e. The third-order valence-corrected chi connectivity index (χ3v) is 5.22. The zero-order valence-corrected chi connectivity index (χ0v) is 17.4. The lowest BCUT2D eigenvalue weighted by molar-refractivity contribution is -0.110. The topological polar surface area (TPSA) is 17.1 Å². The van der Waals surface area contributed by atoms with Crippen LogP contribution in [0.25, 0.3) is 0 Å². The molecule has 1 nitrogen and oxygen atoms in total. The number of carbonyl (C=O) groups excluding carboxylic acids is 1. The van der Waals surface area contributed by atoms with E-state index in [9.17, 15) is 4.79 Å². The molecule has 0 saturated heterocycles. The molecule has 2 heteroatoms. The van der Waals surface area contributed by atoms with Crippen LogP contribution in [0.5, 0.6) is 0 Å². The van der Waals surface area contributed by atoms with Gasteiger partial charge in [-0.1, -0.05) is 122 Å². The minimum Gasteiger partial charge on any atom is -0.288 e. The first-order chi connectivity index (χ1) is 11.8. The van der Waals surface area contributed by atoms with Gasteiger partial charge in [0.05, 0.1) is 0 Å². The van der Waals surface area contributed by atoms with Crippen molar-refractivity contribution in [1.29, 1.82) is 0 Å². The molecule has 0 amide bonds. The number of hydrogen-bond donors (Lipinski definition) is 1. The fourth-order valence-corrected chi connectivity index (χ4v) is 3.51. The summed E-state index contributed by atoms with van der Waals surface area (Å²) >= 11 is 3.80. The lowest BCUT2D eigenvalue weighted by Crippen LogP contribution is -1.87. The van der Waals surface area contributed by atoms with Crippen LogP contribution in [0, 0.1) is 0 Å². The van der Waals surface area contributed by atoms with Crippen LogP contribution in [0.1, 0.15) is 135 Å². The van der Waals surface area contributed by atoms with Crippen LogP contribution in [0.3, 0.4) is 0 Å². The molecule has 0 heterocycles. The second-order valence-corrected chi connectivity index (χ2v) is 8.01. The predicted molar refractivity (Wildman–Crippen MR) is 112 cm³/mol. The first-order valence-corrected chi connectivity index (χ1v) is 11.4. The molecule has 0 bridgehead atoms. The Kier molecular flexibility index (Phi) is 21.1. The minimum atomic E-state index is 0.0435. The fraction of sp³-hybridized carbons (Fsp3) is 0.955. The van der Waals surface area contributed by atoms with Crippen molar-refractivity contribution in [3.05, 3.63) is 0 Å². The Morgan fingerprint density at radius 3 is 1.00 bits per heavy atom. The van der Waals surface area contributed by atoms with Crippen molar-refractivity contribution in [3.63, 3.8) is 0 Å².